The van der Waals surface area contributed by atoms with Gasteiger partial charge in [-0.3, -0.25) is 9.59 Å². The predicted octanol–water partition coefficient (Wildman–Crippen LogP) is 2.08. The summed E-state index contributed by atoms with van der Waals surface area (Å²) in [5.41, 5.74) is 2.24. The number of methoxy groups -OCH3 is 2. The molecule has 1 N–H and O–H groups in total. The van der Waals surface area contributed by atoms with Crippen LogP contribution < -0.4 is 24.4 Å². The number of aromatic nitrogens is 2. The third-order valence-corrected chi connectivity index (χ3v) is 5.07. The molecule has 0 saturated carbocycles. The molecule has 0 bridgehead atoms. The number of ether oxygens (including phenoxy) is 3. The first-order chi connectivity index (χ1) is 15.5. The number of carbonyl (C=O) groups is 2. The fraction of sp³-hybridized carbons (Fsp3) is 0.273. The smallest absolute Gasteiger partial charge is 0.316 e. The van der Waals surface area contributed by atoms with Crippen LogP contribution >= 0.6 is 0 Å². The fourth-order valence-corrected chi connectivity index (χ4v) is 3.28. The molecule has 1 aliphatic heterocycles. The normalized spacial score (nSPS) is 12.7. The number of rotatable bonds is 7. The maximum Gasteiger partial charge on any atom is 0.316 e. The van der Waals surface area contributed by atoms with Crippen LogP contribution in [0.5, 0.6) is 17.2 Å². The van der Waals surface area contributed by atoms with E-state index in [0.29, 0.717) is 41.5 Å². The molecule has 1 aromatic heterocycles. The zero-order valence-corrected chi connectivity index (χ0v) is 17.9. The van der Waals surface area contributed by atoms with Gasteiger partial charge in [0.25, 0.3) is 5.91 Å². The van der Waals surface area contributed by atoms with E-state index in [1.807, 2.05) is 18.2 Å². The highest BCUT2D eigenvalue weighted by Gasteiger charge is 2.23. The number of hydrogen-bond donors (Lipinski definition) is 1. The Hall–Kier alpha value is -4.08. The van der Waals surface area contributed by atoms with Gasteiger partial charge in [0.1, 0.15) is 5.75 Å². The van der Waals surface area contributed by atoms with Gasteiger partial charge in [0.2, 0.25) is 5.82 Å². The maximum atomic E-state index is 12.4. The first-order valence-corrected chi connectivity index (χ1v) is 9.86. The molecule has 0 saturated heterocycles. The minimum atomic E-state index is -0.469. The second-order valence-electron chi connectivity index (χ2n) is 7.04. The Morgan fingerprint density at radius 3 is 2.75 bits per heavy atom. The lowest BCUT2D eigenvalue weighted by atomic mass is 10.1. The molecule has 0 unspecified atom stereocenters. The number of anilines is 1. The fourth-order valence-electron chi connectivity index (χ4n) is 3.28. The molecular formula is C22H22N4O6. The number of nitrogens with zero attached hydrogens (tertiary/aromatic N) is 3. The Morgan fingerprint density at radius 2 is 1.97 bits per heavy atom. The number of likely N-dealkylation sites (N-methyl/N-ethyl adjacent to an activating group) is 1. The van der Waals surface area contributed by atoms with Crippen LogP contribution in [0.1, 0.15) is 16.2 Å². The van der Waals surface area contributed by atoms with Crippen LogP contribution in [-0.2, 0) is 11.2 Å². The molecule has 3 aromatic rings. The van der Waals surface area contributed by atoms with Gasteiger partial charge in [-0.05, 0) is 42.3 Å². The molecule has 0 spiro atoms. The number of hydrogen-bond acceptors (Lipinski definition) is 8. The minimum absolute atomic E-state index is 0.0348. The monoisotopic (exact) mass is 438 g/mol. The van der Waals surface area contributed by atoms with Gasteiger partial charge in [-0.1, -0.05) is 11.2 Å². The van der Waals surface area contributed by atoms with Crippen molar-refractivity contribution in [2.45, 2.75) is 6.42 Å². The van der Waals surface area contributed by atoms with Crippen molar-refractivity contribution in [2.24, 2.45) is 0 Å². The van der Waals surface area contributed by atoms with E-state index >= 15 is 0 Å². The second kappa shape index (κ2) is 8.96. The largest absolute Gasteiger partial charge is 0.493 e. The molecule has 0 aliphatic carbocycles. The lowest BCUT2D eigenvalue weighted by molar-refractivity contribution is -0.120. The van der Waals surface area contributed by atoms with E-state index in [9.17, 15) is 9.59 Å². The Labute approximate surface area is 184 Å². The highest BCUT2D eigenvalue weighted by atomic mass is 16.5. The molecule has 0 radical (unpaired) electrons. The van der Waals surface area contributed by atoms with Gasteiger partial charge in [0, 0.05) is 19.2 Å². The van der Waals surface area contributed by atoms with Crippen molar-refractivity contribution in [1.29, 1.82) is 0 Å². The Bertz CT molecular complexity index is 1160. The average Bonchev–Trinajstić information content (AvgIpc) is 3.31. The summed E-state index contributed by atoms with van der Waals surface area (Å²) < 4.78 is 21.1. The highest BCUT2D eigenvalue weighted by Crippen LogP contribution is 2.34. The number of nitrogens with one attached hydrogen (secondary N) is 1. The van der Waals surface area contributed by atoms with Crippen molar-refractivity contribution in [3.8, 4) is 28.6 Å². The van der Waals surface area contributed by atoms with E-state index in [0.717, 1.165) is 5.56 Å². The molecule has 166 valence electrons. The van der Waals surface area contributed by atoms with Gasteiger partial charge in [0.15, 0.2) is 18.1 Å². The summed E-state index contributed by atoms with van der Waals surface area (Å²) in [5.74, 6) is 1.32. The van der Waals surface area contributed by atoms with Gasteiger partial charge < -0.3 is 29.0 Å². The zero-order chi connectivity index (χ0) is 22.7. The summed E-state index contributed by atoms with van der Waals surface area (Å²) in [6.45, 7) is 0.339. The maximum absolute atomic E-state index is 12.4. The number of benzene rings is 2. The van der Waals surface area contributed by atoms with E-state index in [-0.39, 0.29) is 24.2 Å². The standard InChI is InChI=1S/C22H22N4O6/c1-26-15-6-5-14(11-17(15)31-12-19(26)27)20-24-22(32-25-20)21(28)23-9-8-13-4-7-16(29-2)18(10-13)30-3/h4-7,10-11H,8-9,12H2,1-3H3,(H,23,28). The summed E-state index contributed by atoms with van der Waals surface area (Å²) in [7, 11) is 4.83. The van der Waals surface area contributed by atoms with Crippen LogP contribution in [0, 0.1) is 0 Å². The molecule has 0 atom stereocenters. The SMILES string of the molecule is COc1ccc(CCNC(=O)c2nc(-c3ccc4c(c3)OCC(=O)N4C)no2)cc1OC. The molecule has 0 fully saturated rings. The summed E-state index contributed by atoms with van der Waals surface area (Å²) in [6.07, 6.45) is 0.585. The van der Waals surface area contributed by atoms with Crippen molar-refractivity contribution in [3.05, 3.63) is 47.9 Å². The average molecular weight is 438 g/mol. The van der Waals surface area contributed by atoms with Gasteiger partial charge in [-0.15, -0.1) is 0 Å². The predicted molar refractivity (Wildman–Crippen MR) is 114 cm³/mol. The molecule has 2 amide bonds. The van der Waals surface area contributed by atoms with E-state index in [1.165, 1.54) is 4.90 Å². The second-order valence-corrected chi connectivity index (χ2v) is 7.04. The molecule has 32 heavy (non-hydrogen) atoms. The number of amides is 2. The van der Waals surface area contributed by atoms with Crippen LogP contribution in [0.15, 0.2) is 40.9 Å². The minimum Gasteiger partial charge on any atom is -0.493 e. The van der Waals surface area contributed by atoms with Crippen molar-refractivity contribution in [3.63, 3.8) is 0 Å². The van der Waals surface area contributed by atoms with Crippen LogP contribution in [0.2, 0.25) is 0 Å². The van der Waals surface area contributed by atoms with Crippen molar-refractivity contribution in [2.75, 3.05) is 39.3 Å². The summed E-state index contributed by atoms with van der Waals surface area (Å²) >= 11 is 0. The Balaban J connectivity index is 1.39. The van der Waals surface area contributed by atoms with Gasteiger partial charge >= 0.3 is 11.8 Å². The van der Waals surface area contributed by atoms with E-state index < -0.39 is 5.91 Å². The number of fused-ring (bicyclic) bond motifs is 1. The molecule has 2 heterocycles. The van der Waals surface area contributed by atoms with Crippen molar-refractivity contribution >= 4 is 17.5 Å². The zero-order valence-electron chi connectivity index (χ0n) is 17.9. The van der Waals surface area contributed by atoms with Crippen molar-refractivity contribution < 1.29 is 28.3 Å². The Morgan fingerprint density at radius 1 is 1.16 bits per heavy atom. The molecule has 10 nitrogen and oxygen atoms in total. The van der Waals surface area contributed by atoms with Crippen LogP contribution in [0.3, 0.4) is 0 Å². The molecule has 2 aromatic carbocycles. The van der Waals surface area contributed by atoms with E-state index in [2.05, 4.69) is 15.5 Å². The topological polar surface area (TPSA) is 116 Å². The third kappa shape index (κ3) is 4.20. The van der Waals surface area contributed by atoms with Crippen LogP contribution in [-0.4, -0.2) is 56.4 Å². The highest BCUT2D eigenvalue weighted by molar-refractivity contribution is 5.97. The van der Waals surface area contributed by atoms with E-state index in [4.69, 9.17) is 18.7 Å². The van der Waals surface area contributed by atoms with Gasteiger partial charge in [-0.2, -0.15) is 4.98 Å². The van der Waals surface area contributed by atoms with Crippen LogP contribution in [0.4, 0.5) is 5.69 Å². The van der Waals surface area contributed by atoms with Gasteiger partial charge in [-0.25, -0.2) is 0 Å². The first kappa shape index (κ1) is 21.2. The molecule has 10 heteroatoms. The number of carbonyl (C=O) groups excluding carboxylic acids is 2. The third-order valence-electron chi connectivity index (χ3n) is 5.07. The molecule has 1 aliphatic rings. The Kier molecular flexibility index (Phi) is 5.93. The first-order valence-electron chi connectivity index (χ1n) is 9.86. The summed E-state index contributed by atoms with van der Waals surface area (Å²) in [4.78, 5) is 29.8. The van der Waals surface area contributed by atoms with E-state index in [1.54, 1.807) is 39.5 Å². The quantitative estimate of drug-likeness (QED) is 0.596. The molecule has 4 rings (SSSR count). The summed E-state index contributed by atoms with van der Waals surface area (Å²) in [5, 5.41) is 6.65. The summed E-state index contributed by atoms with van der Waals surface area (Å²) in [6, 6.07) is 10.8. The van der Waals surface area contributed by atoms with Gasteiger partial charge in [0.05, 0.1) is 19.9 Å². The molecular weight excluding hydrogens is 416 g/mol. The lowest BCUT2D eigenvalue weighted by Gasteiger charge is -2.25. The van der Waals surface area contributed by atoms with Crippen LogP contribution in [0.25, 0.3) is 11.4 Å². The van der Waals surface area contributed by atoms with Crippen molar-refractivity contribution in [1.82, 2.24) is 15.5 Å². The lowest BCUT2D eigenvalue weighted by Crippen LogP contribution is -2.35.